The average Bonchev–Trinajstić information content (AvgIpc) is 3.22. The van der Waals surface area contributed by atoms with E-state index < -0.39 is 6.03 Å². The molecule has 0 aliphatic carbocycles. The summed E-state index contributed by atoms with van der Waals surface area (Å²) in [6.07, 6.45) is 8.46. The normalized spacial score (nSPS) is 15.4. The Morgan fingerprint density at radius 1 is 1.28 bits per heavy atom. The van der Waals surface area contributed by atoms with Gasteiger partial charge in [-0.1, -0.05) is 54.1 Å². The third kappa shape index (κ3) is 6.30. The van der Waals surface area contributed by atoms with Gasteiger partial charge in [0.1, 0.15) is 5.65 Å². The molecule has 2 aromatic heterocycles. The molecular formula is C27H27Cl2N5O2. The number of rotatable bonds is 9. The molecule has 0 bridgehead atoms. The molecule has 0 radical (unpaired) electrons. The second-order valence-corrected chi connectivity index (χ2v) is 9.04. The number of imidazole rings is 1. The van der Waals surface area contributed by atoms with Crippen molar-refractivity contribution in [2.75, 3.05) is 19.7 Å². The molecule has 0 unspecified atom stereocenters. The number of likely N-dealkylation sites (tertiary alicyclic amines) is 1. The molecule has 1 aliphatic heterocycles. The number of nitrogens with one attached hydrogen (secondary N) is 1. The summed E-state index contributed by atoms with van der Waals surface area (Å²) < 4.78 is 7.96. The summed E-state index contributed by atoms with van der Waals surface area (Å²) in [6.45, 7) is 8.02. The van der Waals surface area contributed by atoms with E-state index in [4.69, 9.17) is 32.9 Å². The van der Waals surface area contributed by atoms with Gasteiger partial charge in [-0.25, -0.2) is 14.8 Å². The van der Waals surface area contributed by atoms with E-state index in [1.54, 1.807) is 12.2 Å². The molecule has 1 fully saturated rings. The Kier molecular flexibility index (Phi) is 8.72. The lowest BCUT2D eigenvalue weighted by Gasteiger charge is -2.38. The van der Waals surface area contributed by atoms with Crippen LogP contribution in [0.5, 0.6) is 0 Å². The van der Waals surface area contributed by atoms with Crippen LogP contribution in [0.3, 0.4) is 0 Å². The Hall–Kier alpha value is -3.23. The molecule has 7 nitrogen and oxygen atoms in total. The first-order valence-electron chi connectivity index (χ1n) is 11.5. The van der Waals surface area contributed by atoms with Crippen LogP contribution in [0, 0.1) is 0 Å². The number of allylic oxidation sites excluding steroid dienone is 4. The van der Waals surface area contributed by atoms with Crippen LogP contribution in [0.25, 0.3) is 16.9 Å². The highest BCUT2D eigenvalue weighted by Crippen LogP contribution is 2.28. The lowest BCUT2D eigenvalue weighted by atomic mass is 10.1. The van der Waals surface area contributed by atoms with Crippen molar-refractivity contribution in [3.05, 3.63) is 94.9 Å². The molecule has 0 atom stereocenters. The maximum atomic E-state index is 12.0. The van der Waals surface area contributed by atoms with Crippen molar-refractivity contribution in [2.45, 2.75) is 19.6 Å². The smallest absolute Gasteiger partial charge is 0.345 e. The summed E-state index contributed by atoms with van der Waals surface area (Å²) in [6, 6.07) is 13.2. The van der Waals surface area contributed by atoms with Gasteiger partial charge in [-0.2, -0.15) is 0 Å². The van der Waals surface area contributed by atoms with Crippen LogP contribution in [-0.4, -0.2) is 52.3 Å². The third-order valence-corrected chi connectivity index (χ3v) is 6.26. The largest absolute Gasteiger partial charge is 0.370 e. The molecular weight excluding hydrogens is 497 g/mol. The summed E-state index contributed by atoms with van der Waals surface area (Å²) >= 11 is 12.2. The minimum absolute atomic E-state index is 0.0745. The van der Waals surface area contributed by atoms with Gasteiger partial charge >= 0.3 is 6.03 Å². The maximum absolute atomic E-state index is 12.0. The molecule has 0 saturated carbocycles. The van der Waals surface area contributed by atoms with Gasteiger partial charge in [0, 0.05) is 42.6 Å². The molecule has 3 heterocycles. The van der Waals surface area contributed by atoms with Gasteiger partial charge in [-0.15, -0.1) is 0 Å². The highest BCUT2D eigenvalue weighted by molar-refractivity contribution is 6.31. The molecule has 186 valence electrons. The Balaban J connectivity index is 1.30. The number of aromatic nitrogens is 2. The fourth-order valence-corrected chi connectivity index (χ4v) is 4.27. The summed E-state index contributed by atoms with van der Waals surface area (Å²) in [5.74, 6) is 0. The van der Waals surface area contributed by atoms with E-state index in [-0.39, 0.29) is 12.7 Å². The van der Waals surface area contributed by atoms with E-state index in [0.29, 0.717) is 15.8 Å². The van der Waals surface area contributed by atoms with Crippen molar-refractivity contribution < 1.29 is 9.53 Å². The first-order chi connectivity index (χ1) is 17.5. The van der Waals surface area contributed by atoms with Crippen LogP contribution in [0.2, 0.25) is 5.02 Å². The third-order valence-electron chi connectivity index (χ3n) is 5.67. The second kappa shape index (κ2) is 12.1. The molecule has 0 spiro atoms. The number of nitrogens with zero attached hydrogens (tertiary/aromatic N) is 4. The lowest BCUT2D eigenvalue weighted by molar-refractivity contribution is -0.0434. The minimum Gasteiger partial charge on any atom is -0.370 e. The van der Waals surface area contributed by atoms with Gasteiger partial charge < -0.3 is 14.5 Å². The zero-order valence-electron chi connectivity index (χ0n) is 19.9. The molecule has 3 aromatic rings. The van der Waals surface area contributed by atoms with E-state index in [2.05, 4.69) is 26.2 Å². The molecule has 1 saturated heterocycles. The monoisotopic (exact) mass is 523 g/mol. The number of hydrogen-bond donors (Lipinski definition) is 1. The van der Waals surface area contributed by atoms with Crippen LogP contribution in [-0.2, 0) is 11.3 Å². The number of halogens is 2. The standard InChI is InChI=1S/C27H27Cl2N5O2/c1-3-7-22(29)23(4-2)31-27(35)30-13-15-36-21-16-33(17-21)18-24-26(19-9-11-20(28)12-10-19)32-25-8-5-6-14-34(24)25/h3-14,21H,2,15-18H2,1H3,(H,31,35)/b7-3-,23-22-,30-13-. The molecule has 4 rings (SSSR count). The Bertz CT molecular complexity index is 1320. The number of pyridine rings is 1. The molecule has 1 N–H and O–H groups in total. The van der Waals surface area contributed by atoms with Gasteiger partial charge in [-0.05, 0) is 43.3 Å². The van der Waals surface area contributed by atoms with E-state index in [1.807, 2.05) is 55.6 Å². The van der Waals surface area contributed by atoms with E-state index in [1.165, 1.54) is 12.3 Å². The molecule has 1 aliphatic rings. The second-order valence-electron chi connectivity index (χ2n) is 8.20. The number of hydrogen-bond acceptors (Lipinski definition) is 4. The zero-order chi connectivity index (χ0) is 25.5. The number of benzene rings is 1. The first-order valence-corrected chi connectivity index (χ1v) is 12.3. The maximum Gasteiger partial charge on any atom is 0.345 e. The van der Waals surface area contributed by atoms with Gasteiger partial charge in [0.15, 0.2) is 0 Å². The van der Waals surface area contributed by atoms with Crippen LogP contribution >= 0.6 is 23.2 Å². The SMILES string of the molecule is C=C/C(NC(=O)/N=C\COC1CN(Cc2c(-c3ccc(Cl)cc3)nc3ccccn23)C1)=C(Cl)\C=C/C. The number of carbonyl (C=O) groups is 1. The van der Waals surface area contributed by atoms with E-state index in [9.17, 15) is 4.79 Å². The Labute approximate surface area is 220 Å². The summed E-state index contributed by atoms with van der Waals surface area (Å²) in [4.78, 5) is 23.0. The van der Waals surface area contributed by atoms with E-state index in [0.717, 1.165) is 42.2 Å². The minimum atomic E-state index is -0.534. The van der Waals surface area contributed by atoms with Crippen molar-refractivity contribution in [1.29, 1.82) is 0 Å². The summed E-state index contributed by atoms with van der Waals surface area (Å²) in [5.41, 5.74) is 4.40. The first kappa shape index (κ1) is 25.9. The highest BCUT2D eigenvalue weighted by Gasteiger charge is 2.29. The summed E-state index contributed by atoms with van der Waals surface area (Å²) in [5, 5.41) is 3.68. The number of amides is 2. The summed E-state index contributed by atoms with van der Waals surface area (Å²) in [7, 11) is 0. The quantitative estimate of drug-likeness (QED) is 0.282. The molecule has 2 amide bonds. The van der Waals surface area contributed by atoms with Gasteiger partial charge in [0.25, 0.3) is 0 Å². The highest BCUT2D eigenvalue weighted by atomic mass is 35.5. The number of carbonyl (C=O) groups excluding carboxylic acids is 1. The fourth-order valence-electron chi connectivity index (χ4n) is 3.90. The van der Waals surface area contributed by atoms with Crippen molar-refractivity contribution in [3.8, 4) is 11.3 Å². The van der Waals surface area contributed by atoms with E-state index >= 15 is 0 Å². The molecule has 9 heteroatoms. The zero-order valence-corrected chi connectivity index (χ0v) is 21.4. The number of urea groups is 1. The van der Waals surface area contributed by atoms with Crippen LogP contribution in [0.15, 0.2) is 89.2 Å². The Morgan fingerprint density at radius 3 is 2.78 bits per heavy atom. The van der Waals surface area contributed by atoms with Crippen LogP contribution < -0.4 is 5.32 Å². The fraction of sp³-hybridized carbons (Fsp3) is 0.222. The van der Waals surface area contributed by atoms with Gasteiger partial charge in [-0.3, -0.25) is 4.90 Å². The Morgan fingerprint density at radius 2 is 2.06 bits per heavy atom. The van der Waals surface area contributed by atoms with Crippen molar-refractivity contribution in [2.24, 2.45) is 4.99 Å². The van der Waals surface area contributed by atoms with Crippen molar-refractivity contribution >= 4 is 41.1 Å². The molecule has 36 heavy (non-hydrogen) atoms. The predicted octanol–water partition coefficient (Wildman–Crippen LogP) is 5.85. The average molecular weight is 524 g/mol. The number of aliphatic imine (C=N–C) groups is 1. The van der Waals surface area contributed by atoms with Crippen LogP contribution in [0.1, 0.15) is 12.6 Å². The van der Waals surface area contributed by atoms with Crippen molar-refractivity contribution in [1.82, 2.24) is 19.6 Å². The lowest BCUT2D eigenvalue weighted by Crippen LogP contribution is -2.51. The van der Waals surface area contributed by atoms with Crippen LogP contribution in [0.4, 0.5) is 4.79 Å². The van der Waals surface area contributed by atoms with Gasteiger partial charge in [0.2, 0.25) is 0 Å². The number of ether oxygens (including phenoxy) is 1. The predicted molar refractivity (Wildman–Crippen MR) is 146 cm³/mol. The number of fused-ring (bicyclic) bond motifs is 1. The van der Waals surface area contributed by atoms with Gasteiger partial charge in [0.05, 0.1) is 34.8 Å². The molecule has 1 aromatic carbocycles. The topological polar surface area (TPSA) is 71.2 Å². The van der Waals surface area contributed by atoms with Crippen molar-refractivity contribution in [3.63, 3.8) is 0 Å².